The topological polar surface area (TPSA) is 92.9 Å². The van der Waals surface area contributed by atoms with E-state index in [1.165, 1.54) is 0 Å². The second-order valence-corrected chi connectivity index (χ2v) is 6.74. The number of amides is 1. The molecule has 1 amide bonds. The van der Waals surface area contributed by atoms with Crippen LogP contribution in [-0.2, 0) is 4.79 Å². The summed E-state index contributed by atoms with van der Waals surface area (Å²) >= 11 is 12.3. The monoisotopic (exact) mass is 405 g/mol. The molecule has 0 aliphatic carbocycles. The largest absolute Gasteiger partial charge is 0.399 e. The molecule has 1 unspecified atom stereocenters. The molecular weight excluding hydrogens is 385 g/mol. The van der Waals surface area contributed by atoms with Crippen LogP contribution in [0.15, 0.2) is 41.7 Å². The van der Waals surface area contributed by atoms with Crippen LogP contribution in [0.3, 0.4) is 0 Å². The first-order valence-corrected chi connectivity index (χ1v) is 8.98. The molecule has 2 aromatic rings. The Morgan fingerprint density at radius 1 is 1.22 bits per heavy atom. The lowest BCUT2D eigenvalue weighted by Gasteiger charge is -2.16. The van der Waals surface area contributed by atoms with Crippen molar-refractivity contribution < 1.29 is 4.79 Å². The maximum Gasteiger partial charge on any atom is 0.227 e. The summed E-state index contributed by atoms with van der Waals surface area (Å²) < 4.78 is 0. The lowest BCUT2D eigenvalue weighted by atomic mass is 10.1. The number of nitrogens with two attached hydrogens (primary N) is 1. The Hall–Kier alpha value is -2.57. The van der Waals surface area contributed by atoms with E-state index in [1.807, 2.05) is 26.0 Å². The molecule has 4 N–H and O–H groups in total. The number of hydrogen-bond acceptors (Lipinski definition) is 5. The third kappa shape index (κ3) is 5.70. The van der Waals surface area contributed by atoms with Gasteiger partial charge in [-0.25, -0.2) is 9.97 Å². The van der Waals surface area contributed by atoms with E-state index >= 15 is 0 Å². The lowest BCUT2D eigenvalue weighted by molar-refractivity contribution is -0.109. The Morgan fingerprint density at radius 2 is 1.89 bits per heavy atom. The zero-order valence-electron chi connectivity index (χ0n) is 15.3. The van der Waals surface area contributed by atoms with Gasteiger partial charge in [0.05, 0.1) is 27.5 Å². The van der Waals surface area contributed by atoms with E-state index in [0.29, 0.717) is 33.8 Å². The highest BCUT2D eigenvalue weighted by atomic mass is 35.5. The molecule has 1 heterocycles. The average Bonchev–Trinajstić information content (AvgIpc) is 2.60. The number of carbonyl (C=O) groups is 1. The first kappa shape index (κ1) is 20.7. The van der Waals surface area contributed by atoms with Crippen LogP contribution in [0.1, 0.15) is 23.9 Å². The van der Waals surface area contributed by atoms with Crippen molar-refractivity contribution in [2.24, 2.45) is 5.73 Å². The van der Waals surface area contributed by atoms with Gasteiger partial charge < -0.3 is 16.4 Å². The predicted octanol–water partition coefficient (Wildman–Crippen LogP) is 3.83. The summed E-state index contributed by atoms with van der Waals surface area (Å²) in [6, 6.07) is 6.83. The highest BCUT2D eigenvalue weighted by Gasteiger charge is 2.11. The van der Waals surface area contributed by atoms with Crippen molar-refractivity contribution in [1.29, 1.82) is 0 Å². The van der Waals surface area contributed by atoms with E-state index in [-0.39, 0.29) is 0 Å². The standard InChI is InChI=1S/C19H21Cl2N5O/c1-11-9-12(2)25-19(24-11)26-16(18(22)13(3)23-10-27)8-7-14-5-4-6-15(20)17(14)21/h4-10,13H,22H2,1-3H3,(H,23,27)(H,24,25,26)/b8-7-,18-16-. The number of allylic oxidation sites excluding steroid dienone is 1. The number of nitrogens with one attached hydrogen (secondary N) is 2. The second kappa shape index (κ2) is 9.39. The van der Waals surface area contributed by atoms with E-state index < -0.39 is 6.04 Å². The van der Waals surface area contributed by atoms with E-state index in [9.17, 15) is 4.79 Å². The first-order chi connectivity index (χ1) is 12.8. The van der Waals surface area contributed by atoms with Crippen molar-refractivity contribution in [3.05, 3.63) is 68.7 Å². The molecule has 8 heteroatoms. The number of rotatable bonds is 7. The molecule has 6 nitrogen and oxygen atoms in total. The molecule has 0 radical (unpaired) electrons. The van der Waals surface area contributed by atoms with Gasteiger partial charge in [-0.3, -0.25) is 4.79 Å². The first-order valence-electron chi connectivity index (χ1n) is 8.22. The molecule has 27 heavy (non-hydrogen) atoms. The minimum atomic E-state index is -0.393. The molecule has 0 saturated carbocycles. The highest BCUT2D eigenvalue weighted by Crippen LogP contribution is 2.27. The molecule has 0 saturated heterocycles. The van der Waals surface area contributed by atoms with Gasteiger partial charge in [0.15, 0.2) is 0 Å². The summed E-state index contributed by atoms with van der Waals surface area (Å²) in [7, 11) is 0. The molecule has 1 aromatic heterocycles. The van der Waals surface area contributed by atoms with Crippen LogP contribution in [0.5, 0.6) is 0 Å². The molecule has 1 aromatic carbocycles. The number of aryl methyl sites for hydroxylation is 2. The maximum atomic E-state index is 10.8. The number of hydrogen-bond donors (Lipinski definition) is 3. The van der Waals surface area contributed by atoms with E-state index in [2.05, 4.69) is 20.6 Å². The molecule has 1 atom stereocenters. The number of aromatic nitrogens is 2. The van der Waals surface area contributed by atoms with Crippen molar-refractivity contribution in [1.82, 2.24) is 15.3 Å². The Balaban J connectivity index is 2.43. The molecule has 0 spiro atoms. The summed E-state index contributed by atoms with van der Waals surface area (Å²) in [5.41, 5.74) is 9.57. The zero-order chi connectivity index (χ0) is 20.0. The highest BCUT2D eigenvalue weighted by molar-refractivity contribution is 6.42. The SMILES string of the molecule is Cc1cc(C)nc(NC(/C=C\c2cccc(Cl)c2Cl)=C(\N)C(C)NC=O)n1. The predicted molar refractivity (Wildman–Crippen MR) is 110 cm³/mol. The second-order valence-electron chi connectivity index (χ2n) is 5.95. The molecule has 2 rings (SSSR count). The Labute approximate surface area is 168 Å². The van der Waals surface area contributed by atoms with Gasteiger partial charge in [-0.2, -0.15) is 0 Å². The Kier molecular flexibility index (Phi) is 7.21. The van der Waals surface area contributed by atoms with Crippen molar-refractivity contribution in [3.8, 4) is 0 Å². The van der Waals surface area contributed by atoms with Crippen LogP contribution in [0, 0.1) is 13.8 Å². The van der Waals surface area contributed by atoms with Crippen molar-refractivity contribution in [2.45, 2.75) is 26.8 Å². The fraction of sp³-hybridized carbons (Fsp3) is 0.211. The van der Waals surface area contributed by atoms with Crippen LogP contribution in [0.25, 0.3) is 6.08 Å². The summed E-state index contributed by atoms with van der Waals surface area (Å²) in [5, 5.41) is 6.64. The quantitative estimate of drug-likeness (QED) is 0.480. The van der Waals surface area contributed by atoms with Crippen molar-refractivity contribution in [3.63, 3.8) is 0 Å². The molecule has 0 bridgehead atoms. The van der Waals surface area contributed by atoms with E-state index in [4.69, 9.17) is 28.9 Å². The van der Waals surface area contributed by atoms with Gasteiger partial charge in [0, 0.05) is 11.4 Å². The maximum absolute atomic E-state index is 10.8. The minimum absolute atomic E-state index is 0.393. The molecule has 0 fully saturated rings. The van der Waals surface area contributed by atoms with Crippen LogP contribution in [0.4, 0.5) is 5.95 Å². The summed E-state index contributed by atoms with van der Waals surface area (Å²) in [4.78, 5) is 19.5. The number of anilines is 1. The van der Waals surface area contributed by atoms with Gasteiger partial charge in [-0.05, 0) is 44.5 Å². The smallest absolute Gasteiger partial charge is 0.227 e. The van der Waals surface area contributed by atoms with Gasteiger partial charge in [0.25, 0.3) is 0 Å². The fourth-order valence-electron chi connectivity index (χ4n) is 2.36. The zero-order valence-corrected chi connectivity index (χ0v) is 16.8. The van der Waals surface area contributed by atoms with Gasteiger partial charge >= 0.3 is 0 Å². The minimum Gasteiger partial charge on any atom is -0.399 e. The third-order valence-electron chi connectivity index (χ3n) is 3.74. The number of nitrogens with zero attached hydrogens (tertiary/aromatic N) is 2. The number of carbonyl (C=O) groups excluding carboxylic acids is 1. The van der Waals surface area contributed by atoms with Crippen LogP contribution in [-0.4, -0.2) is 22.4 Å². The molecule has 142 valence electrons. The average molecular weight is 406 g/mol. The van der Waals surface area contributed by atoms with E-state index in [0.717, 1.165) is 17.0 Å². The van der Waals surface area contributed by atoms with Gasteiger partial charge in [-0.15, -0.1) is 0 Å². The van der Waals surface area contributed by atoms with Crippen molar-refractivity contribution >= 4 is 41.6 Å². The van der Waals surface area contributed by atoms with Gasteiger partial charge in [-0.1, -0.05) is 41.4 Å². The molecular formula is C19H21Cl2N5O. The van der Waals surface area contributed by atoms with Crippen molar-refractivity contribution in [2.75, 3.05) is 5.32 Å². The van der Waals surface area contributed by atoms with Gasteiger partial charge in [0.2, 0.25) is 12.4 Å². The summed E-state index contributed by atoms with van der Waals surface area (Å²) in [6.07, 6.45) is 4.12. The van der Waals surface area contributed by atoms with Gasteiger partial charge in [0.1, 0.15) is 0 Å². The molecule has 0 aliphatic heterocycles. The van der Waals surface area contributed by atoms with Crippen LogP contribution in [0.2, 0.25) is 10.0 Å². The third-order valence-corrected chi connectivity index (χ3v) is 4.57. The normalized spacial score (nSPS) is 13.2. The van der Waals surface area contributed by atoms with Crippen LogP contribution >= 0.6 is 23.2 Å². The fourth-order valence-corrected chi connectivity index (χ4v) is 2.73. The summed E-state index contributed by atoms with van der Waals surface area (Å²) in [6.45, 7) is 5.53. The number of benzene rings is 1. The lowest BCUT2D eigenvalue weighted by Crippen LogP contribution is -2.32. The Bertz CT molecular complexity index is 875. The Morgan fingerprint density at radius 3 is 2.52 bits per heavy atom. The van der Waals surface area contributed by atoms with Crippen LogP contribution < -0.4 is 16.4 Å². The van der Waals surface area contributed by atoms with E-state index in [1.54, 1.807) is 31.2 Å². The molecule has 0 aliphatic rings. The summed E-state index contributed by atoms with van der Waals surface area (Å²) in [5.74, 6) is 0.408. The number of halogens is 2.